The average Bonchev–Trinajstić information content (AvgIpc) is 2.29. The summed E-state index contributed by atoms with van der Waals surface area (Å²) >= 11 is 0. The molecule has 114 valence electrons. The summed E-state index contributed by atoms with van der Waals surface area (Å²) in [7, 11) is 12.3. The van der Waals surface area contributed by atoms with Crippen LogP contribution in [-0.2, 0) is 19.6 Å². The van der Waals surface area contributed by atoms with Crippen molar-refractivity contribution in [3.05, 3.63) is 22.8 Å². The smallest absolute Gasteiger partial charge is 0.0426 e. The number of hydrogen-bond acceptors (Lipinski definition) is 5. The van der Waals surface area contributed by atoms with Crippen molar-refractivity contribution in [2.75, 3.05) is 53.8 Å². The number of nitrogens with zero attached hydrogens (tertiary/aromatic N) is 3. The Labute approximate surface area is 123 Å². The maximum atomic E-state index is 6.33. The first-order valence-electron chi connectivity index (χ1n) is 6.85. The van der Waals surface area contributed by atoms with E-state index in [2.05, 4.69) is 20.8 Å². The van der Waals surface area contributed by atoms with Gasteiger partial charge in [0.2, 0.25) is 0 Å². The Morgan fingerprint density at radius 2 is 1.05 bits per heavy atom. The molecule has 0 saturated heterocycles. The highest BCUT2D eigenvalue weighted by Crippen LogP contribution is 2.30. The van der Waals surface area contributed by atoms with Crippen molar-refractivity contribution in [1.82, 2.24) is 14.7 Å². The SMILES string of the molecule is CN(C)Cc1cc(CN(C)C)c(N)c(CN(C)C)c1N. The fourth-order valence-corrected chi connectivity index (χ4v) is 2.33. The van der Waals surface area contributed by atoms with E-state index in [1.807, 2.05) is 42.3 Å². The second-order valence-corrected chi connectivity index (χ2v) is 6.21. The molecule has 0 aliphatic heterocycles. The second kappa shape index (κ2) is 6.92. The fourth-order valence-electron chi connectivity index (χ4n) is 2.33. The van der Waals surface area contributed by atoms with Crippen LogP contribution in [0.2, 0.25) is 0 Å². The van der Waals surface area contributed by atoms with Crippen LogP contribution in [0.4, 0.5) is 11.4 Å². The summed E-state index contributed by atoms with van der Waals surface area (Å²) in [6, 6.07) is 2.14. The van der Waals surface area contributed by atoms with Crippen molar-refractivity contribution in [2.24, 2.45) is 0 Å². The van der Waals surface area contributed by atoms with Crippen molar-refractivity contribution in [2.45, 2.75) is 19.6 Å². The molecule has 1 aromatic carbocycles. The van der Waals surface area contributed by atoms with E-state index in [9.17, 15) is 0 Å². The van der Waals surface area contributed by atoms with E-state index >= 15 is 0 Å². The minimum atomic E-state index is 0.763. The molecule has 0 radical (unpaired) electrons. The third-order valence-corrected chi connectivity index (χ3v) is 3.14. The molecular weight excluding hydrogens is 250 g/mol. The zero-order valence-electron chi connectivity index (χ0n) is 13.7. The van der Waals surface area contributed by atoms with Crippen molar-refractivity contribution in [1.29, 1.82) is 0 Å². The predicted molar refractivity (Wildman–Crippen MR) is 87.4 cm³/mol. The highest BCUT2D eigenvalue weighted by molar-refractivity contribution is 5.69. The van der Waals surface area contributed by atoms with Crippen molar-refractivity contribution in [3.63, 3.8) is 0 Å². The second-order valence-electron chi connectivity index (χ2n) is 6.21. The van der Waals surface area contributed by atoms with Crippen LogP contribution in [0.15, 0.2) is 6.07 Å². The van der Waals surface area contributed by atoms with Crippen molar-refractivity contribution >= 4 is 11.4 Å². The van der Waals surface area contributed by atoms with Crippen LogP contribution in [0.1, 0.15) is 16.7 Å². The van der Waals surface area contributed by atoms with Crippen molar-refractivity contribution in [3.8, 4) is 0 Å². The van der Waals surface area contributed by atoms with E-state index in [1.165, 1.54) is 0 Å². The zero-order chi connectivity index (χ0) is 15.4. The molecule has 0 saturated carbocycles. The lowest BCUT2D eigenvalue weighted by molar-refractivity contribution is 0.391. The van der Waals surface area contributed by atoms with E-state index in [0.29, 0.717) is 0 Å². The number of hydrogen-bond donors (Lipinski definition) is 2. The maximum Gasteiger partial charge on any atom is 0.0426 e. The molecular formula is C15H29N5. The molecule has 1 aromatic rings. The number of nitrogens with two attached hydrogens (primary N) is 2. The Hall–Kier alpha value is -1.30. The lowest BCUT2D eigenvalue weighted by atomic mass is 9.98. The number of nitrogen functional groups attached to an aromatic ring is 2. The zero-order valence-corrected chi connectivity index (χ0v) is 13.7. The molecule has 0 unspecified atom stereocenters. The van der Waals surface area contributed by atoms with Crippen LogP contribution in [0.25, 0.3) is 0 Å². The van der Waals surface area contributed by atoms with E-state index in [-0.39, 0.29) is 0 Å². The summed E-state index contributed by atoms with van der Waals surface area (Å²) in [4.78, 5) is 6.35. The Kier molecular flexibility index (Phi) is 5.80. The molecule has 4 N–H and O–H groups in total. The van der Waals surface area contributed by atoms with Gasteiger partial charge in [0.25, 0.3) is 0 Å². The highest BCUT2D eigenvalue weighted by atomic mass is 15.1. The number of benzene rings is 1. The van der Waals surface area contributed by atoms with E-state index < -0.39 is 0 Å². The minimum Gasteiger partial charge on any atom is -0.398 e. The van der Waals surface area contributed by atoms with Crippen LogP contribution < -0.4 is 11.5 Å². The minimum absolute atomic E-state index is 0.763. The van der Waals surface area contributed by atoms with Crippen molar-refractivity contribution < 1.29 is 0 Å². The number of rotatable bonds is 6. The lowest BCUT2D eigenvalue weighted by Gasteiger charge is -2.23. The van der Waals surface area contributed by atoms with Gasteiger partial charge in [-0.1, -0.05) is 0 Å². The van der Waals surface area contributed by atoms with Gasteiger partial charge in [-0.3, -0.25) is 0 Å². The summed E-state index contributed by atoms with van der Waals surface area (Å²) in [5.74, 6) is 0. The first-order chi connectivity index (χ1) is 9.22. The topological polar surface area (TPSA) is 61.8 Å². The Morgan fingerprint density at radius 1 is 0.700 bits per heavy atom. The quantitative estimate of drug-likeness (QED) is 0.762. The van der Waals surface area contributed by atoms with Gasteiger partial charge >= 0.3 is 0 Å². The monoisotopic (exact) mass is 279 g/mol. The molecule has 0 heterocycles. The third kappa shape index (κ3) is 4.37. The van der Waals surface area contributed by atoms with Gasteiger partial charge in [-0.15, -0.1) is 0 Å². The molecule has 0 aromatic heterocycles. The summed E-state index contributed by atoms with van der Waals surface area (Å²) in [6.45, 7) is 2.42. The summed E-state index contributed by atoms with van der Waals surface area (Å²) in [5, 5.41) is 0. The van der Waals surface area contributed by atoms with Gasteiger partial charge in [-0.2, -0.15) is 0 Å². The normalized spacial score (nSPS) is 11.8. The van der Waals surface area contributed by atoms with Gasteiger partial charge in [0, 0.05) is 36.6 Å². The Morgan fingerprint density at radius 3 is 1.35 bits per heavy atom. The lowest BCUT2D eigenvalue weighted by Crippen LogP contribution is -2.20. The van der Waals surface area contributed by atoms with Crippen LogP contribution in [0, 0.1) is 0 Å². The van der Waals surface area contributed by atoms with Gasteiger partial charge in [0.15, 0.2) is 0 Å². The first kappa shape index (κ1) is 16.8. The van der Waals surface area contributed by atoms with Crippen LogP contribution in [0.5, 0.6) is 0 Å². The van der Waals surface area contributed by atoms with Gasteiger partial charge in [0.05, 0.1) is 0 Å². The van der Waals surface area contributed by atoms with Gasteiger partial charge in [-0.25, -0.2) is 0 Å². The molecule has 0 amide bonds. The largest absolute Gasteiger partial charge is 0.398 e. The van der Waals surface area contributed by atoms with Crippen LogP contribution in [-0.4, -0.2) is 57.0 Å². The molecule has 5 heteroatoms. The Balaban J connectivity index is 3.31. The van der Waals surface area contributed by atoms with Crippen LogP contribution >= 0.6 is 0 Å². The average molecular weight is 279 g/mol. The predicted octanol–water partition coefficient (Wildman–Crippen LogP) is 1.04. The van der Waals surface area contributed by atoms with Crippen LogP contribution in [0.3, 0.4) is 0 Å². The van der Waals surface area contributed by atoms with E-state index in [1.54, 1.807) is 0 Å². The molecule has 5 nitrogen and oxygen atoms in total. The molecule has 0 aliphatic carbocycles. The molecule has 0 atom stereocenters. The Bertz CT molecular complexity index is 418. The fraction of sp³-hybridized carbons (Fsp3) is 0.600. The molecule has 0 bridgehead atoms. The molecule has 1 rings (SSSR count). The van der Waals surface area contributed by atoms with Gasteiger partial charge < -0.3 is 26.2 Å². The van der Waals surface area contributed by atoms with E-state index in [0.717, 1.165) is 47.7 Å². The first-order valence-corrected chi connectivity index (χ1v) is 6.85. The molecule has 0 fully saturated rings. The maximum absolute atomic E-state index is 6.33. The summed E-state index contributed by atoms with van der Waals surface area (Å²) in [5.41, 5.74) is 17.7. The van der Waals surface area contributed by atoms with E-state index in [4.69, 9.17) is 11.5 Å². The molecule has 0 aliphatic rings. The molecule has 0 spiro atoms. The highest BCUT2D eigenvalue weighted by Gasteiger charge is 2.15. The number of anilines is 2. The third-order valence-electron chi connectivity index (χ3n) is 3.14. The van der Waals surface area contributed by atoms with Gasteiger partial charge in [0.1, 0.15) is 0 Å². The molecule has 20 heavy (non-hydrogen) atoms. The standard InChI is InChI=1S/C15H29N5/c1-18(2)8-11-7-12(9-19(3)4)15(17)13(14(11)16)10-20(5)6/h7H,8-10,16-17H2,1-6H3. The summed E-state index contributed by atoms with van der Waals surface area (Å²) in [6.07, 6.45) is 0. The summed E-state index contributed by atoms with van der Waals surface area (Å²) < 4.78 is 0. The van der Waals surface area contributed by atoms with Gasteiger partial charge in [-0.05, 0) is 59.5 Å².